The number of rotatable bonds is 4. The van der Waals surface area contributed by atoms with Crippen molar-refractivity contribution >= 4 is 23.6 Å². The molecule has 0 radical (unpaired) electrons. The van der Waals surface area contributed by atoms with Crippen molar-refractivity contribution in [2.75, 3.05) is 11.9 Å². The normalized spacial score (nSPS) is 24.3. The van der Waals surface area contributed by atoms with Crippen molar-refractivity contribution in [3.8, 4) is 0 Å². The summed E-state index contributed by atoms with van der Waals surface area (Å²) in [5.74, 6) is 0.406. The zero-order chi connectivity index (χ0) is 19.3. The smallest absolute Gasteiger partial charge is 0.303 e. The molecule has 0 bridgehead atoms. The average Bonchev–Trinajstić information content (AvgIpc) is 3.15. The molecule has 1 N–H and O–H groups in total. The summed E-state index contributed by atoms with van der Waals surface area (Å²) < 4.78 is 0. The Hall–Kier alpha value is -2.83. The van der Waals surface area contributed by atoms with Crippen LogP contribution in [0.15, 0.2) is 40.7 Å². The number of unbranched alkanes of at least 4 members (excludes halogenated alkanes) is 1. The van der Waals surface area contributed by atoms with Crippen molar-refractivity contribution in [3.63, 3.8) is 0 Å². The molecule has 3 amide bonds. The lowest BCUT2D eigenvalue weighted by atomic mass is 10.1. The van der Waals surface area contributed by atoms with E-state index in [1.165, 1.54) is 23.3 Å². The second kappa shape index (κ2) is 6.40. The molecule has 3 aliphatic rings. The number of guanidine groups is 1. The summed E-state index contributed by atoms with van der Waals surface area (Å²) in [5.41, 5.74) is 4.36. The number of nitrogens with zero attached hydrogens (tertiary/aromatic N) is 4. The maximum Gasteiger partial charge on any atom is 0.325 e. The quantitative estimate of drug-likeness (QED) is 0.888. The van der Waals surface area contributed by atoms with Gasteiger partial charge in [0.1, 0.15) is 0 Å². The van der Waals surface area contributed by atoms with E-state index in [9.17, 15) is 9.59 Å². The van der Waals surface area contributed by atoms with Crippen LogP contribution in [-0.2, 0) is 11.2 Å². The van der Waals surface area contributed by atoms with Crippen molar-refractivity contribution in [1.29, 1.82) is 0 Å². The third kappa shape index (κ3) is 2.60. The third-order valence-corrected chi connectivity index (χ3v) is 5.67. The molecule has 1 fully saturated rings. The van der Waals surface area contributed by atoms with E-state index < -0.39 is 18.2 Å². The Labute approximate surface area is 159 Å². The minimum Gasteiger partial charge on any atom is -0.303 e. The predicted molar refractivity (Wildman–Crippen MR) is 104 cm³/mol. The summed E-state index contributed by atoms with van der Waals surface area (Å²) >= 11 is 0. The van der Waals surface area contributed by atoms with Gasteiger partial charge in [0.15, 0.2) is 12.2 Å². The van der Waals surface area contributed by atoms with Crippen LogP contribution in [0.1, 0.15) is 39.2 Å². The second-order valence-corrected chi connectivity index (χ2v) is 7.34. The fraction of sp³-hybridized carbons (Fsp3) is 0.450. The lowest BCUT2D eigenvalue weighted by molar-refractivity contribution is -0.126. The zero-order valence-electron chi connectivity index (χ0n) is 16.2. The number of nitrogens with one attached hydrogen (secondary N) is 1. The predicted octanol–water partition coefficient (Wildman–Crippen LogP) is 2.65. The van der Waals surface area contributed by atoms with Gasteiger partial charge in [-0.05, 0) is 44.4 Å². The van der Waals surface area contributed by atoms with Crippen molar-refractivity contribution in [2.45, 2.75) is 52.2 Å². The van der Waals surface area contributed by atoms with Crippen LogP contribution in [0.2, 0.25) is 0 Å². The summed E-state index contributed by atoms with van der Waals surface area (Å²) in [4.78, 5) is 34.7. The van der Waals surface area contributed by atoms with Gasteiger partial charge in [0.05, 0.1) is 0 Å². The van der Waals surface area contributed by atoms with E-state index in [1.54, 1.807) is 7.05 Å². The average molecular weight is 367 g/mol. The second-order valence-electron chi connectivity index (χ2n) is 7.34. The van der Waals surface area contributed by atoms with Crippen LogP contribution in [0.25, 0.3) is 0 Å². The monoisotopic (exact) mass is 367 g/mol. The number of benzene rings is 1. The number of likely N-dealkylation sites (N-methyl/N-ethyl adjacent to an activating group) is 1. The first-order chi connectivity index (χ1) is 12.9. The number of aliphatic imine (C=N–C) groups is 1. The Morgan fingerprint density at radius 2 is 1.81 bits per heavy atom. The zero-order valence-corrected chi connectivity index (χ0v) is 16.2. The number of allylic oxidation sites excluding steroid dienone is 2. The van der Waals surface area contributed by atoms with Crippen LogP contribution in [0.4, 0.5) is 10.5 Å². The Kier molecular flexibility index (Phi) is 4.17. The number of urea groups is 1. The molecule has 1 aromatic carbocycles. The number of amides is 3. The molecule has 1 aromatic rings. The van der Waals surface area contributed by atoms with Gasteiger partial charge in [-0.3, -0.25) is 19.9 Å². The first-order valence-electron chi connectivity index (χ1n) is 9.45. The SMILES string of the molecule is CCCCc1ccc(N2C3=NC4C(C(=O)NC(=O)N4C)N3C(C)=C2C)cc1. The van der Waals surface area contributed by atoms with E-state index >= 15 is 0 Å². The summed E-state index contributed by atoms with van der Waals surface area (Å²) in [6, 6.07) is 7.58. The van der Waals surface area contributed by atoms with Crippen molar-refractivity contribution < 1.29 is 9.59 Å². The molecule has 4 rings (SSSR count). The maximum atomic E-state index is 12.5. The van der Waals surface area contributed by atoms with Gasteiger partial charge in [-0.2, -0.15) is 0 Å². The number of hydrogen-bond donors (Lipinski definition) is 1. The lowest BCUT2D eigenvalue weighted by Gasteiger charge is -2.35. The summed E-state index contributed by atoms with van der Waals surface area (Å²) in [6.45, 7) is 6.22. The van der Waals surface area contributed by atoms with Crippen LogP contribution in [-0.4, -0.2) is 47.0 Å². The van der Waals surface area contributed by atoms with Crippen molar-refractivity contribution in [2.24, 2.45) is 4.99 Å². The third-order valence-electron chi connectivity index (χ3n) is 5.67. The molecule has 2 atom stereocenters. The lowest BCUT2D eigenvalue weighted by Crippen LogP contribution is -2.63. The highest BCUT2D eigenvalue weighted by molar-refractivity contribution is 6.10. The summed E-state index contributed by atoms with van der Waals surface area (Å²) in [7, 11) is 1.67. The molecule has 3 aliphatic heterocycles. The van der Waals surface area contributed by atoms with Gasteiger partial charge in [0.25, 0.3) is 5.91 Å². The largest absolute Gasteiger partial charge is 0.325 e. The molecule has 7 nitrogen and oxygen atoms in total. The van der Waals surface area contributed by atoms with Crippen LogP contribution in [0.3, 0.4) is 0 Å². The number of aryl methyl sites for hydroxylation is 1. The van der Waals surface area contributed by atoms with Crippen molar-refractivity contribution in [3.05, 3.63) is 41.2 Å². The number of anilines is 1. The van der Waals surface area contributed by atoms with E-state index in [2.05, 4.69) is 41.4 Å². The Bertz CT molecular complexity index is 858. The van der Waals surface area contributed by atoms with Crippen LogP contribution >= 0.6 is 0 Å². The minimum atomic E-state index is -0.522. The minimum absolute atomic E-state index is 0.300. The fourth-order valence-electron chi connectivity index (χ4n) is 3.96. The first-order valence-corrected chi connectivity index (χ1v) is 9.45. The fourth-order valence-corrected chi connectivity index (χ4v) is 3.96. The first kappa shape index (κ1) is 17.6. The van der Waals surface area contributed by atoms with Crippen LogP contribution < -0.4 is 10.2 Å². The molecule has 0 aliphatic carbocycles. The number of hydrogen-bond acceptors (Lipinski definition) is 5. The molecule has 7 heteroatoms. The molecular formula is C20H25N5O2. The van der Waals surface area contributed by atoms with Gasteiger partial charge in [0.2, 0.25) is 5.96 Å². The van der Waals surface area contributed by atoms with E-state index in [1.807, 2.05) is 18.7 Å². The van der Waals surface area contributed by atoms with Gasteiger partial charge >= 0.3 is 6.03 Å². The Balaban J connectivity index is 1.69. The van der Waals surface area contributed by atoms with Gasteiger partial charge in [-0.15, -0.1) is 0 Å². The number of carbonyl (C=O) groups excluding carboxylic acids is 2. The molecule has 0 saturated carbocycles. The number of fused-ring (bicyclic) bond motifs is 3. The van der Waals surface area contributed by atoms with Crippen LogP contribution in [0, 0.1) is 0 Å². The molecule has 2 unspecified atom stereocenters. The van der Waals surface area contributed by atoms with Gasteiger partial charge in [-0.1, -0.05) is 25.5 Å². The Morgan fingerprint density at radius 3 is 2.48 bits per heavy atom. The van der Waals surface area contributed by atoms with Gasteiger partial charge < -0.3 is 4.90 Å². The van der Waals surface area contributed by atoms with Gasteiger partial charge in [0, 0.05) is 24.1 Å². The highest BCUT2D eigenvalue weighted by Gasteiger charge is 2.53. The maximum absolute atomic E-state index is 12.5. The van der Waals surface area contributed by atoms with Crippen molar-refractivity contribution in [1.82, 2.24) is 15.1 Å². The number of imide groups is 1. The van der Waals surface area contributed by atoms with E-state index in [4.69, 9.17) is 4.99 Å². The molecule has 1 saturated heterocycles. The summed E-state index contributed by atoms with van der Waals surface area (Å²) in [6.07, 6.45) is 2.93. The standard InChI is InChI=1S/C20H25N5O2/c1-5-6-7-14-8-10-15(11-9-14)24-12(2)13(3)25-16-17(21-19(24)25)23(4)20(27)22-18(16)26/h8-11,16-17H,5-7H2,1-4H3,(H,22,26,27). The number of carbonyl (C=O) groups is 2. The molecule has 0 aromatic heterocycles. The highest BCUT2D eigenvalue weighted by Crippen LogP contribution is 2.38. The van der Waals surface area contributed by atoms with E-state index in [0.29, 0.717) is 5.96 Å². The molecule has 27 heavy (non-hydrogen) atoms. The highest BCUT2D eigenvalue weighted by atomic mass is 16.2. The molecule has 142 valence electrons. The molecule has 3 heterocycles. The summed E-state index contributed by atoms with van der Waals surface area (Å²) in [5, 5.41) is 2.42. The topological polar surface area (TPSA) is 68.2 Å². The Morgan fingerprint density at radius 1 is 1.11 bits per heavy atom. The van der Waals surface area contributed by atoms with E-state index in [-0.39, 0.29) is 5.91 Å². The molecule has 0 spiro atoms. The van der Waals surface area contributed by atoms with Gasteiger partial charge in [-0.25, -0.2) is 9.79 Å². The molecular weight excluding hydrogens is 342 g/mol. The van der Waals surface area contributed by atoms with Crippen LogP contribution in [0.5, 0.6) is 0 Å². The van der Waals surface area contributed by atoms with E-state index in [0.717, 1.165) is 23.5 Å².